The fourth-order valence-electron chi connectivity index (χ4n) is 4.38. The lowest BCUT2D eigenvalue weighted by molar-refractivity contribution is 0.0698. The van der Waals surface area contributed by atoms with Crippen LogP contribution < -0.4 is 10.6 Å². The van der Waals surface area contributed by atoms with E-state index in [-0.39, 0.29) is 11.6 Å². The van der Waals surface area contributed by atoms with Crippen LogP contribution in [-0.2, 0) is 0 Å². The summed E-state index contributed by atoms with van der Waals surface area (Å²) in [6, 6.07) is 1.55. The molecule has 1 aromatic heterocycles. The zero-order chi connectivity index (χ0) is 13.9. The molecule has 3 aliphatic carbocycles. The smallest absolute Gasteiger partial charge is 0.338 e. The summed E-state index contributed by atoms with van der Waals surface area (Å²) >= 11 is 1.24. The van der Waals surface area contributed by atoms with E-state index >= 15 is 0 Å². The van der Waals surface area contributed by atoms with Crippen molar-refractivity contribution in [2.24, 2.45) is 23.7 Å². The minimum atomic E-state index is -1.01. The SMILES string of the molecule is O=C(Nc1sccc1C(=O)O)NC1C2C3CCC(C3)C12. The van der Waals surface area contributed by atoms with Crippen molar-refractivity contribution in [1.29, 1.82) is 0 Å². The van der Waals surface area contributed by atoms with Gasteiger partial charge in [0, 0.05) is 6.04 Å². The predicted molar refractivity (Wildman–Crippen MR) is 75.0 cm³/mol. The molecule has 0 aliphatic heterocycles. The van der Waals surface area contributed by atoms with Crippen molar-refractivity contribution in [3.05, 3.63) is 17.0 Å². The Morgan fingerprint density at radius 2 is 1.95 bits per heavy atom. The van der Waals surface area contributed by atoms with E-state index in [0.717, 1.165) is 11.8 Å². The summed E-state index contributed by atoms with van der Waals surface area (Å²) in [5, 5.41) is 16.8. The van der Waals surface area contributed by atoms with Gasteiger partial charge in [-0.1, -0.05) is 0 Å². The maximum atomic E-state index is 12.0. The second kappa shape index (κ2) is 4.22. The first kappa shape index (κ1) is 12.2. The molecule has 20 heavy (non-hydrogen) atoms. The van der Waals surface area contributed by atoms with Crippen LogP contribution in [0.1, 0.15) is 29.6 Å². The molecule has 6 heteroatoms. The molecule has 4 unspecified atom stereocenters. The number of fused-ring (bicyclic) bond motifs is 5. The maximum Gasteiger partial charge on any atom is 0.338 e. The Morgan fingerprint density at radius 1 is 1.25 bits per heavy atom. The Labute approximate surface area is 120 Å². The van der Waals surface area contributed by atoms with Crippen molar-refractivity contribution in [3.63, 3.8) is 0 Å². The van der Waals surface area contributed by atoms with Gasteiger partial charge < -0.3 is 10.4 Å². The molecule has 1 aromatic rings. The van der Waals surface area contributed by atoms with Gasteiger partial charge in [0.2, 0.25) is 0 Å². The van der Waals surface area contributed by atoms with E-state index in [9.17, 15) is 9.59 Å². The zero-order valence-corrected chi connectivity index (χ0v) is 11.7. The van der Waals surface area contributed by atoms with Gasteiger partial charge in [0.25, 0.3) is 0 Å². The van der Waals surface area contributed by atoms with Crippen molar-refractivity contribution in [3.8, 4) is 0 Å². The average molecular weight is 292 g/mol. The van der Waals surface area contributed by atoms with Gasteiger partial charge in [-0.2, -0.15) is 0 Å². The summed E-state index contributed by atoms with van der Waals surface area (Å²) in [6.45, 7) is 0. The van der Waals surface area contributed by atoms with Crippen molar-refractivity contribution in [2.75, 3.05) is 5.32 Å². The van der Waals surface area contributed by atoms with E-state index < -0.39 is 5.97 Å². The summed E-state index contributed by atoms with van der Waals surface area (Å²) in [6.07, 6.45) is 3.99. The molecule has 5 nitrogen and oxygen atoms in total. The minimum absolute atomic E-state index is 0.154. The van der Waals surface area contributed by atoms with Gasteiger partial charge >= 0.3 is 12.0 Å². The van der Waals surface area contributed by atoms with Gasteiger partial charge in [0.15, 0.2) is 0 Å². The summed E-state index contributed by atoms with van der Waals surface area (Å²) < 4.78 is 0. The normalized spacial score (nSPS) is 36.5. The first-order chi connectivity index (χ1) is 9.65. The van der Waals surface area contributed by atoms with Crippen LogP contribution in [0.5, 0.6) is 0 Å². The summed E-state index contributed by atoms with van der Waals surface area (Å²) in [7, 11) is 0. The topological polar surface area (TPSA) is 78.4 Å². The number of rotatable bonds is 3. The highest BCUT2D eigenvalue weighted by molar-refractivity contribution is 7.14. The number of amides is 2. The molecule has 0 radical (unpaired) electrons. The van der Waals surface area contributed by atoms with Gasteiger partial charge in [-0.3, -0.25) is 5.32 Å². The average Bonchev–Trinajstić information content (AvgIpc) is 2.82. The Balaban J connectivity index is 1.38. The zero-order valence-electron chi connectivity index (χ0n) is 10.8. The van der Waals surface area contributed by atoms with Gasteiger partial charge in [-0.15, -0.1) is 11.3 Å². The second-order valence-corrected chi connectivity index (χ2v) is 7.00. The molecule has 3 aliphatic rings. The van der Waals surface area contributed by atoms with Crippen LogP contribution >= 0.6 is 11.3 Å². The fourth-order valence-corrected chi connectivity index (χ4v) is 5.16. The molecule has 4 atom stereocenters. The van der Waals surface area contributed by atoms with E-state index in [1.54, 1.807) is 5.38 Å². The lowest BCUT2D eigenvalue weighted by Gasteiger charge is -2.11. The van der Waals surface area contributed by atoms with Crippen LogP contribution in [0.25, 0.3) is 0 Å². The number of thiophene rings is 1. The Kier molecular flexibility index (Phi) is 2.57. The first-order valence-corrected chi connectivity index (χ1v) is 7.91. The molecule has 2 bridgehead atoms. The highest BCUT2D eigenvalue weighted by Crippen LogP contribution is 2.65. The van der Waals surface area contributed by atoms with Crippen molar-refractivity contribution >= 4 is 28.3 Å². The van der Waals surface area contributed by atoms with E-state index in [1.165, 1.54) is 36.7 Å². The fraction of sp³-hybridized carbons (Fsp3) is 0.571. The largest absolute Gasteiger partial charge is 0.478 e. The third-order valence-corrected chi connectivity index (χ3v) is 5.99. The van der Waals surface area contributed by atoms with E-state index in [4.69, 9.17) is 5.11 Å². The number of carboxylic acid groups (broad SMARTS) is 1. The van der Waals surface area contributed by atoms with Crippen LogP contribution in [0, 0.1) is 23.7 Å². The number of hydrogen-bond donors (Lipinski definition) is 3. The van der Waals surface area contributed by atoms with Crippen LogP contribution in [0.4, 0.5) is 9.80 Å². The Morgan fingerprint density at radius 3 is 2.60 bits per heavy atom. The highest BCUT2D eigenvalue weighted by atomic mass is 32.1. The number of anilines is 1. The van der Waals surface area contributed by atoms with Gasteiger partial charge in [-0.05, 0) is 54.4 Å². The van der Waals surface area contributed by atoms with Gasteiger partial charge in [0.05, 0.1) is 5.56 Å². The highest BCUT2D eigenvalue weighted by Gasteiger charge is 2.65. The monoisotopic (exact) mass is 292 g/mol. The molecule has 0 saturated heterocycles. The molecule has 0 aromatic carbocycles. The van der Waals surface area contributed by atoms with Crippen molar-refractivity contribution in [2.45, 2.75) is 25.3 Å². The Bertz CT molecular complexity index is 569. The molecular formula is C14H16N2O3S. The molecule has 106 valence electrons. The molecule has 4 rings (SSSR count). The number of aromatic carboxylic acids is 1. The predicted octanol–water partition coefficient (Wildman–Crippen LogP) is 2.61. The number of nitrogens with one attached hydrogen (secondary N) is 2. The summed E-state index contributed by atoms with van der Waals surface area (Å²) in [5.74, 6) is 1.98. The third kappa shape index (κ3) is 1.74. The summed E-state index contributed by atoms with van der Waals surface area (Å²) in [5.41, 5.74) is 0.154. The number of carbonyl (C=O) groups is 2. The van der Waals surface area contributed by atoms with E-state index in [0.29, 0.717) is 22.9 Å². The van der Waals surface area contributed by atoms with E-state index in [2.05, 4.69) is 10.6 Å². The van der Waals surface area contributed by atoms with Crippen LogP contribution in [0.3, 0.4) is 0 Å². The quantitative estimate of drug-likeness (QED) is 0.801. The lowest BCUT2D eigenvalue weighted by atomic mass is 10.0. The number of carbonyl (C=O) groups excluding carboxylic acids is 1. The second-order valence-electron chi connectivity index (χ2n) is 6.08. The van der Waals surface area contributed by atoms with Gasteiger partial charge in [-0.25, -0.2) is 9.59 Å². The molecular weight excluding hydrogens is 276 g/mol. The van der Waals surface area contributed by atoms with Crippen molar-refractivity contribution < 1.29 is 14.7 Å². The molecule has 0 spiro atoms. The number of urea groups is 1. The van der Waals surface area contributed by atoms with Crippen LogP contribution in [0.15, 0.2) is 11.4 Å². The maximum absolute atomic E-state index is 12.0. The minimum Gasteiger partial charge on any atom is -0.478 e. The number of hydrogen-bond acceptors (Lipinski definition) is 3. The lowest BCUT2D eigenvalue weighted by Crippen LogP contribution is -2.33. The third-order valence-electron chi connectivity index (χ3n) is 5.16. The molecule has 3 N–H and O–H groups in total. The van der Waals surface area contributed by atoms with Crippen LogP contribution in [-0.4, -0.2) is 23.1 Å². The molecule has 3 saturated carbocycles. The summed E-state index contributed by atoms with van der Waals surface area (Å²) in [4.78, 5) is 23.0. The molecule has 1 heterocycles. The molecule has 3 fully saturated rings. The first-order valence-electron chi connectivity index (χ1n) is 7.03. The van der Waals surface area contributed by atoms with Crippen molar-refractivity contribution in [1.82, 2.24) is 5.32 Å². The number of carboxylic acids is 1. The van der Waals surface area contributed by atoms with Gasteiger partial charge in [0.1, 0.15) is 5.00 Å². The molecule has 2 amide bonds. The van der Waals surface area contributed by atoms with E-state index in [1.807, 2.05) is 0 Å². The standard InChI is InChI=1S/C14H16N2O3S/c17-13(18)8-3-4-20-12(8)16-14(19)15-11-9-6-1-2-7(5-6)10(9)11/h3-4,6-7,9-11H,1-2,5H2,(H,17,18)(H2,15,16,19). The Hall–Kier alpha value is -1.56. The van der Waals surface area contributed by atoms with Crippen LogP contribution in [0.2, 0.25) is 0 Å².